The lowest BCUT2D eigenvalue weighted by Crippen LogP contribution is -2.10. The van der Waals surface area contributed by atoms with Crippen LogP contribution >= 0.6 is 24.0 Å². The molecule has 0 saturated carbocycles. The second-order valence-corrected chi connectivity index (χ2v) is 5.77. The summed E-state index contributed by atoms with van der Waals surface area (Å²) < 4.78 is 0. The number of aryl methyl sites for hydroxylation is 1. The molecule has 0 saturated heterocycles. The van der Waals surface area contributed by atoms with Gasteiger partial charge >= 0.3 is 0 Å². The predicted octanol–water partition coefficient (Wildman–Crippen LogP) is 3.39. The van der Waals surface area contributed by atoms with Crippen LogP contribution in [0.3, 0.4) is 0 Å². The Labute approximate surface area is 119 Å². The average Bonchev–Trinajstić information content (AvgIpc) is 2.76. The second kappa shape index (κ2) is 4.83. The number of nitrogens with zero attached hydrogens (tertiary/aromatic N) is 1. The molecule has 3 aromatic rings. The van der Waals surface area contributed by atoms with Gasteiger partial charge in [-0.1, -0.05) is 30.3 Å². The molecular weight excluding hydrogens is 276 g/mol. The van der Waals surface area contributed by atoms with Crippen molar-refractivity contribution in [2.45, 2.75) is 12.7 Å². The Bertz CT molecular complexity index is 790. The molecule has 96 valence electrons. The summed E-state index contributed by atoms with van der Waals surface area (Å²) in [4.78, 5) is 21.4. The quantitative estimate of drug-likeness (QED) is 0.710. The Morgan fingerprint density at radius 1 is 1.32 bits per heavy atom. The lowest BCUT2D eigenvalue weighted by molar-refractivity contribution is 1.05. The van der Waals surface area contributed by atoms with E-state index >= 15 is 0 Å². The first-order valence-corrected chi connectivity index (χ1v) is 7.34. The highest BCUT2D eigenvalue weighted by atomic mass is 32.1. The minimum atomic E-state index is -0.0859. The summed E-state index contributed by atoms with van der Waals surface area (Å²) in [5.41, 5.74) is 1.95. The predicted molar refractivity (Wildman–Crippen MR) is 83.1 cm³/mol. The molecule has 0 bridgehead atoms. The number of aromatic amines is 1. The van der Waals surface area contributed by atoms with Crippen LogP contribution in [0, 0.1) is 6.92 Å². The summed E-state index contributed by atoms with van der Waals surface area (Å²) in [6.07, 6.45) is 0. The highest BCUT2D eigenvalue weighted by Crippen LogP contribution is 2.35. The largest absolute Gasteiger partial charge is 0.309 e. The van der Waals surface area contributed by atoms with Crippen LogP contribution in [0.4, 0.5) is 0 Å². The number of aromatic nitrogens is 2. The molecule has 0 atom stereocenters. The van der Waals surface area contributed by atoms with E-state index in [0.29, 0.717) is 17.0 Å². The zero-order chi connectivity index (χ0) is 13.4. The molecule has 0 aliphatic heterocycles. The van der Waals surface area contributed by atoms with Gasteiger partial charge in [-0.05, 0) is 12.5 Å². The SMILES string of the molecule is Cc1sc2nc(CS)[nH]c(=O)c2c1-c1ccccc1. The maximum atomic E-state index is 12.2. The van der Waals surface area contributed by atoms with Crippen LogP contribution in [0.5, 0.6) is 0 Å². The number of hydrogen-bond donors (Lipinski definition) is 2. The number of thiophene rings is 1. The summed E-state index contributed by atoms with van der Waals surface area (Å²) in [7, 11) is 0. The summed E-state index contributed by atoms with van der Waals surface area (Å²) >= 11 is 5.71. The van der Waals surface area contributed by atoms with Crippen molar-refractivity contribution in [3.63, 3.8) is 0 Å². The second-order valence-electron chi connectivity index (χ2n) is 4.25. The molecule has 0 spiro atoms. The fraction of sp³-hybridized carbons (Fsp3) is 0.143. The van der Waals surface area contributed by atoms with E-state index < -0.39 is 0 Å². The average molecular weight is 288 g/mol. The van der Waals surface area contributed by atoms with Gasteiger partial charge in [0.05, 0.1) is 5.39 Å². The maximum absolute atomic E-state index is 12.2. The van der Waals surface area contributed by atoms with Gasteiger partial charge in [0.1, 0.15) is 10.7 Å². The van der Waals surface area contributed by atoms with Crippen LogP contribution in [0.25, 0.3) is 21.3 Å². The van der Waals surface area contributed by atoms with Gasteiger partial charge in [0, 0.05) is 16.2 Å². The van der Waals surface area contributed by atoms with E-state index in [9.17, 15) is 4.79 Å². The van der Waals surface area contributed by atoms with Gasteiger partial charge in [-0.3, -0.25) is 4.79 Å². The maximum Gasteiger partial charge on any atom is 0.260 e. The van der Waals surface area contributed by atoms with Gasteiger partial charge in [0.25, 0.3) is 5.56 Å². The van der Waals surface area contributed by atoms with Gasteiger partial charge in [-0.25, -0.2) is 4.98 Å². The third kappa shape index (κ3) is 2.09. The molecule has 1 aromatic carbocycles. The van der Waals surface area contributed by atoms with Gasteiger partial charge in [-0.15, -0.1) is 11.3 Å². The fourth-order valence-corrected chi connectivity index (χ4v) is 3.41. The number of H-pyrrole nitrogens is 1. The van der Waals surface area contributed by atoms with Crippen LogP contribution < -0.4 is 5.56 Å². The summed E-state index contributed by atoms with van der Waals surface area (Å²) in [5, 5.41) is 0.680. The Balaban J connectivity index is 2.38. The molecule has 0 aliphatic rings. The van der Waals surface area contributed by atoms with Crippen molar-refractivity contribution in [1.82, 2.24) is 9.97 Å². The van der Waals surface area contributed by atoms with Crippen LogP contribution in [0.15, 0.2) is 35.1 Å². The highest BCUT2D eigenvalue weighted by Gasteiger charge is 2.15. The summed E-state index contributed by atoms with van der Waals surface area (Å²) in [6, 6.07) is 9.94. The first-order valence-electron chi connectivity index (χ1n) is 5.89. The fourth-order valence-electron chi connectivity index (χ4n) is 2.19. The van der Waals surface area contributed by atoms with Crippen molar-refractivity contribution in [3.05, 3.63) is 51.4 Å². The zero-order valence-electron chi connectivity index (χ0n) is 10.3. The number of thiol groups is 1. The Kier molecular flexibility index (Phi) is 3.16. The Hall–Kier alpha value is -1.59. The normalized spacial score (nSPS) is 11.1. The van der Waals surface area contributed by atoms with Crippen molar-refractivity contribution < 1.29 is 0 Å². The molecule has 0 unspecified atom stereocenters. The third-order valence-electron chi connectivity index (χ3n) is 3.00. The molecule has 0 amide bonds. The van der Waals surface area contributed by atoms with Crippen LogP contribution in [-0.2, 0) is 5.75 Å². The van der Waals surface area contributed by atoms with E-state index in [4.69, 9.17) is 0 Å². The van der Waals surface area contributed by atoms with E-state index in [1.165, 1.54) is 0 Å². The van der Waals surface area contributed by atoms with E-state index in [1.54, 1.807) is 11.3 Å². The third-order valence-corrected chi connectivity index (χ3v) is 4.30. The number of hydrogen-bond acceptors (Lipinski definition) is 4. The minimum Gasteiger partial charge on any atom is -0.309 e. The van der Waals surface area contributed by atoms with E-state index in [0.717, 1.165) is 20.8 Å². The minimum absolute atomic E-state index is 0.0859. The van der Waals surface area contributed by atoms with Crippen LogP contribution in [0.2, 0.25) is 0 Å². The van der Waals surface area contributed by atoms with E-state index in [-0.39, 0.29) is 5.56 Å². The molecule has 3 rings (SSSR count). The van der Waals surface area contributed by atoms with Crippen LogP contribution in [0.1, 0.15) is 10.7 Å². The lowest BCUT2D eigenvalue weighted by Gasteiger charge is -2.01. The Morgan fingerprint density at radius 2 is 2.05 bits per heavy atom. The van der Waals surface area contributed by atoms with Crippen molar-refractivity contribution in [3.8, 4) is 11.1 Å². The number of fused-ring (bicyclic) bond motifs is 1. The molecular formula is C14H12N2OS2. The first-order chi connectivity index (χ1) is 9.20. The molecule has 19 heavy (non-hydrogen) atoms. The first kappa shape index (κ1) is 12.4. The van der Waals surface area contributed by atoms with E-state index in [1.807, 2.05) is 37.3 Å². The number of nitrogens with one attached hydrogen (secondary N) is 1. The van der Waals surface area contributed by atoms with Crippen molar-refractivity contribution >= 4 is 34.2 Å². The summed E-state index contributed by atoms with van der Waals surface area (Å²) in [6.45, 7) is 2.02. The standard InChI is InChI=1S/C14H12N2OS2/c1-8-11(9-5-3-2-4-6-9)12-13(17)15-10(7-18)16-14(12)19-8/h2-6,18H,7H2,1H3,(H,15,16,17). The topological polar surface area (TPSA) is 45.8 Å². The molecule has 5 heteroatoms. The summed E-state index contributed by atoms with van der Waals surface area (Å²) in [5.74, 6) is 1.05. The molecule has 2 aromatic heterocycles. The molecule has 0 radical (unpaired) electrons. The van der Waals surface area contributed by atoms with Gasteiger partial charge in [-0.2, -0.15) is 12.6 Å². The lowest BCUT2D eigenvalue weighted by atomic mass is 10.0. The molecule has 0 aliphatic carbocycles. The van der Waals surface area contributed by atoms with Crippen molar-refractivity contribution in [2.24, 2.45) is 0 Å². The van der Waals surface area contributed by atoms with Crippen LogP contribution in [-0.4, -0.2) is 9.97 Å². The Morgan fingerprint density at radius 3 is 2.74 bits per heavy atom. The molecule has 2 heterocycles. The highest BCUT2D eigenvalue weighted by molar-refractivity contribution is 7.79. The van der Waals surface area contributed by atoms with Crippen molar-refractivity contribution in [2.75, 3.05) is 0 Å². The molecule has 3 nitrogen and oxygen atoms in total. The van der Waals surface area contributed by atoms with E-state index in [2.05, 4.69) is 22.6 Å². The smallest absolute Gasteiger partial charge is 0.260 e. The number of benzene rings is 1. The van der Waals surface area contributed by atoms with Gasteiger partial charge < -0.3 is 4.98 Å². The van der Waals surface area contributed by atoms with Crippen molar-refractivity contribution in [1.29, 1.82) is 0 Å². The molecule has 0 fully saturated rings. The van der Waals surface area contributed by atoms with Gasteiger partial charge in [0.2, 0.25) is 0 Å². The van der Waals surface area contributed by atoms with Gasteiger partial charge in [0.15, 0.2) is 0 Å². The monoisotopic (exact) mass is 288 g/mol. The number of rotatable bonds is 2. The zero-order valence-corrected chi connectivity index (χ0v) is 12.0. The molecule has 1 N–H and O–H groups in total.